The fraction of sp³-hybridized carbons (Fsp3) is 0.211. The molecule has 31 heavy (non-hydrogen) atoms. The zero-order valence-corrected chi connectivity index (χ0v) is 19.2. The van der Waals surface area contributed by atoms with E-state index in [1.807, 2.05) is 0 Å². The molecule has 0 unspecified atom stereocenters. The molecule has 0 radical (unpaired) electrons. The van der Waals surface area contributed by atoms with Gasteiger partial charge < -0.3 is 19.6 Å². The smallest absolute Gasteiger partial charge is 0.285 e. The van der Waals surface area contributed by atoms with Crippen molar-refractivity contribution in [1.29, 1.82) is 0 Å². The Bertz CT molecular complexity index is 1270. The first-order chi connectivity index (χ1) is 14.6. The van der Waals surface area contributed by atoms with Crippen LogP contribution in [0.15, 0.2) is 51.1 Å². The Balaban J connectivity index is 1.93. The molecule has 1 amide bonds. The van der Waals surface area contributed by atoms with E-state index in [0.717, 1.165) is 15.0 Å². The maximum Gasteiger partial charge on any atom is 0.285 e. The van der Waals surface area contributed by atoms with Crippen LogP contribution in [0.1, 0.15) is 0 Å². The summed E-state index contributed by atoms with van der Waals surface area (Å²) in [5.74, 6) is -0.499. The van der Waals surface area contributed by atoms with E-state index in [0.29, 0.717) is 16.7 Å². The lowest BCUT2D eigenvalue weighted by molar-refractivity contribution is -0.116. The highest BCUT2D eigenvalue weighted by Gasteiger charge is 2.25. The number of aromatic hydroxyl groups is 1. The Morgan fingerprint density at radius 1 is 1.19 bits per heavy atom. The van der Waals surface area contributed by atoms with E-state index in [9.17, 15) is 18.3 Å². The SMILES string of the molecule is COc1ccc(OC)c(N(CC(=O)N=Nc2c(O)[nH]c3ccc(Br)cc23)S(C)(=O)=O)c1. The summed E-state index contributed by atoms with van der Waals surface area (Å²) in [6.07, 6.45) is 0.958. The largest absolute Gasteiger partial charge is 0.497 e. The molecule has 0 spiro atoms. The van der Waals surface area contributed by atoms with E-state index < -0.39 is 22.5 Å². The van der Waals surface area contributed by atoms with Gasteiger partial charge in [-0.1, -0.05) is 15.9 Å². The van der Waals surface area contributed by atoms with Gasteiger partial charge in [0.25, 0.3) is 5.91 Å². The van der Waals surface area contributed by atoms with Crippen LogP contribution in [0.5, 0.6) is 17.4 Å². The number of ether oxygens (including phenoxy) is 2. The number of anilines is 1. The number of carbonyl (C=O) groups is 1. The Morgan fingerprint density at radius 3 is 2.58 bits per heavy atom. The molecule has 2 N–H and O–H groups in total. The lowest BCUT2D eigenvalue weighted by Gasteiger charge is -2.23. The Labute approximate surface area is 186 Å². The quantitative estimate of drug-likeness (QED) is 0.465. The highest BCUT2D eigenvalue weighted by Crippen LogP contribution is 2.37. The molecule has 0 atom stereocenters. The van der Waals surface area contributed by atoms with Crippen LogP contribution in [0.3, 0.4) is 0 Å². The molecular weight excluding hydrogens is 492 g/mol. The zero-order valence-electron chi connectivity index (χ0n) is 16.8. The van der Waals surface area contributed by atoms with E-state index >= 15 is 0 Å². The summed E-state index contributed by atoms with van der Waals surface area (Å²) in [6.45, 7) is -0.626. The third-order valence-electron chi connectivity index (χ3n) is 4.31. The minimum Gasteiger partial charge on any atom is -0.497 e. The number of carbonyl (C=O) groups excluding carboxylic acids is 1. The number of nitrogens with zero attached hydrogens (tertiary/aromatic N) is 3. The van der Waals surface area contributed by atoms with Crippen molar-refractivity contribution in [2.45, 2.75) is 0 Å². The average Bonchev–Trinajstić information content (AvgIpc) is 3.03. The van der Waals surface area contributed by atoms with Crippen molar-refractivity contribution in [2.24, 2.45) is 10.2 Å². The van der Waals surface area contributed by atoms with Crippen molar-refractivity contribution in [3.05, 3.63) is 40.9 Å². The van der Waals surface area contributed by atoms with E-state index in [4.69, 9.17) is 9.47 Å². The lowest BCUT2D eigenvalue weighted by Crippen LogP contribution is -2.34. The Kier molecular flexibility index (Phi) is 6.51. The molecule has 12 heteroatoms. The highest BCUT2D eigenvalue weighted by atomic mass is 79.9. The number of benzene rings is 2. The number of hydrogen-bond acceptors (Lipinski definition) is 7. The number of hydrogen-bond donors (Lipinski definition) is 2. The van der Waals surface area contributed by atoms with Crippen LogP contribution in [0, 0.1) is 0 Å². The molecule has 0 aliphatic heterocycles. The summed E-state index contributed by atoms with van der Waals surface area (Å²) in [5.41, 5.74) is 0.780. The lowest BCUT2D eigenvalue weighted by atomic mass is 10.2. The van der Waals surface area contributed by atoms with Crippen molar-refractivity contribution < 1.29 is 27.8 Å². The number of nitrogens with one attached hydrogen (secondary N) is 1. The molecule has 0 bridgehead atoms. The molecule has 0 aliphatic rings. The second-order valence-electron chi connectivity index (χ2n) is 6.41. The number of sulfonamides is 1. The molecule has 0 fully saturated rings. The predicted octanol–water partition coefficient (Wildman–Crippen LogP) is 3.73. The molecule has 0 saturated carbocycles. The number of fused-ring (bicyclic) bond motifs is 1. The second-order valence-corrected chi connectivity index (χ2v) is 9.24. The van der Waals surface area contributed by atoms with Crippen molar-refractivity contribution in [1.82, 2.24) is 4.98 Å². The van der Waals surface area contributed by atoms with Crippen molar-refractivity contribution in [3.8, 4) is 17.4 Å². The number of halogens is 1. The molecule has 1 heterocycles. The molecule has 3 aromatic rings. The van der Waals surface area contributed by atoms with Gasteiger partial charge in [0, 0.05) is 15.9 Å². The third kappa shape index (κ3) is 4.97. The fourth-order valence-electron chi connectivity index (χ4n) is 2.87. The number of azo groups is 1. The molecule has 2 aromatic carbocycles. The van der Waals surface area contributed by atoms with E-state index in [2.05, 4.69) is 31.1 Å². The van der Waals surface area contributed by atoms with E-state index in [1.54, 1.807) is 24.3 Å². The van der Waals surface area contributed by atoms with Crippen LogP contribution < -0.4 is 13.8 Å². The average molecular weight is 511 g/mol. The molecule has 3 rings (SSSR count). The number of H-pyrrole nitrogens is 1. The number of methoxy groups -OCH3 is 2. The molecule has 10 nitrogen and oxygen atoms in total. The summed E-state index contributed by atoms with van der Waals surface area (Å²) >= 11 is 3.33. The molecule has 1 aromatic heterocycles. The molecular formula is C19H19BrN4O6S. The molecule has 0 aliphatic carbocycles. The van der Waals surface area contributed by atoms with Gasteiger partial charge in [-0.3, -0.25) is 9.10 Å². The number of rotatable bonds is 7. The molecule has 164 valence electrons. The van der Waals surface area contributed by atoms with Gasteiger partial charge >= 0.3 is 0 Å². The summed E-state index contributed by atoms with van der Waals surface area (Å²) in [4.78, 5) is 15.2. The number of amides is 1. The Hall–Kier alpha value is -3.12. The minimum atomic E-state index is -3.88. The fourth-order valence-corrected chi connectivity index (χ4v) is 4.08. The van der Waals surface area contributed by atoms with Crippen molar-refractivity contribution in [2.75, 3.05) is 31.3 Å². The summed E-state index contributed by atoms with van der Waals surface area (Å²) in [6, 6.07) is 9.76. The van der Waals surface area contributed by atoms with Gasteiger partial charge in [-0.05, 0) is 30.3 Å². The number of aromatic nitrogens is 1. The summed E-state index contributed by atoms with van der Waals surface area (Å²) in [5, 5.41) is 18.1. The van der Waals surface area contributed by atoms with Gasteiger partial charge in [0.15, 0.2) is 5.69 Å². The normalized spacial score (nSPS) is 11.7. The van der Waals surface area contributed by atoms with Crippen LogP contribution in [0.25, 0.3) is 10.9 Å². The first-order valence-electron chi connectivity index (χ1n) is 8.78. The zero-order chi connectivity index (χ0) is 22.8. The van der Waals surface area contributed by atoms with Gasteiger partial charge in [0.1, 0.15) is 18.0 Å². The van der Waals surface area contributed by atoms with Crippen LogP contribution in [0.2, 0.25) is 0 Å². The van der Waals surface area contributed by atoms with Gasteiger partial charge in [-0.15, -0.1) is 10.2 Å². The van der Waals surface area contributed by atoms with Crippen LogP contribution in [-0.2, 0) is 14.8 Å². The number of aromatic amines is 1. The van der Waals surface area contributed by atoms with Crippen LogP contribution in [-0.4, -0.2) is 51.4 Å². The topological polar surface area (TPSA) is 134 Å². The Morgan fingerprint density at radius 2 is 1.94 bits per heavy atom. The van der Waals surface area contributed by atoms with Gasteiger partial charge in [0.05, 0.1) is 31.7 Å². The third-order valence-corrected chi connectivity index (χ3v) is 5.93. The second kappa shape index (κ2) is 8.94. The minimum absolute atomic E-state index is 0.0644. The van der Waals surface area contributed by atoms with E-state index in [-0.39, 0.29) is 23.0 Å². The van der Waals surface area contributed by atoms with Crippen molar-refractivity contribution >= 4 is 54.1 Å². The van der Waals surface area contributed by atoms with Gasteiger partial charge in [-0.2, -0.15) is 0 Å². The van der Waals surface area contributed by atoms with Gasteiger partial charge in [0.2, 0.25) is 15.9 Å². The summed E-state index contributed by atoms with van der Waals surface area (Å²) in [7, 11) is -1.07. The van der Waals surface area contributed by atoms with E-state index in [1.165, 1.54) is 26.4 Å². The highest BCUT2D eigenvalue weighted by molar-refractivity contribution is 9.10. The maximum absolute atomic E-state index is 12.5. The first kappa shape index (κ1) is 22.6. The van der Waals surface area contributed by atoms with Crippen LogP contribution >= 0.6 is 15.9 Å². The van der Waals surface area contributed by atoms with Crippen LogP contribution in [0.4, 0.5) is 11.4 Å². The maximum atomic E-state index is 12.5. The predicted molar refractivity (Wildman–Crippen MR) is 119 cm³/mol. The monoisotopic (exact) mass is 510 g/mol. The van der Waals surface area contributed by atoms with Crippen molar-refractivity contribution in [3.63, 3.8) is 0 Å². The molecule has 0 saturated heterocycles. The standard InChI is InChI=1S/C19H19BrN4O6S/c1-29-12-5-7-16(30-2)15(9-12)24(31(3,27)28)10-17(25)22-23-18-13-8-11(20)4-6-14(13)21-19(18)26/h4-9,21,26H,10H2,1-3H3. The first-order valence-corrected chi connectivity index (χ1v) is 11.4. The van der Waals surface area contributed by atoms with Gasteiger partial charge in [-0.25, -0.2) is 8.42 Å². The summed E-state index contributed by atoms with van der Waals surface area (Å²) < 4.78 is 36.7.